The molecule has 3 saturated heterocycles. The summed E-state index contributed by atoms with van der Waals surface area (Å²) in [5, 5.41) is 118. The lowest BCUT2D eigenvalue weighted by atomic mass is 9.33. The molecule has 2 unspecified atom stereocenters. The molecule has 0 aromatic rings. The van der Waals surface area contributed by atoms with Gasteiger partial charge in [0.25, 0.3) is 0 Å². The van der Waals surface area contributed by atoms with Gasteiger partial charge in [-0.15, -0.1) is 0 Å². The molecule has 3 heterocycles. The van der Waals surface area contributed by atoms with Gasteiger partial charge in [-0.3, -0.25) is 9.59 Å². The van der Waals surface area contributed by atoms with Gasteiger partial charge in [0.15, 0.2) is 25.0 Å². The van der Waals surface area contributed by atoms with Gasteiger partial charge in [-0.2, -0.15) is 0 Å². The van der Waals surface area contributed by atoms with E-state index in [0.29, 0.717) is 32.1 Å². The molecule has 8 rings (SSSR count). The van der Waals surface area contributed by atoms with Crippen molar-refractivity contribution in [1.82, 2.24) is 0 Å². The number of fused-ring (bicyclic) bond motifs is 7. The van der Waals surface area contributed by atoms with E-state index in [9.17, 15) is 70.6 Å². The quantitative estimate of drug-likeness (QED) is 0.108. The minimum absolute atomic E-state index is 0.0329. The molecule has 4 saturated carbocycles. The molecule has 8 aliphatic rings. The van der Waals surface area contributed by atoms with Crippen LogP contribution in [0.25, 0.3) is 0 Å². The van der Waals surface area contributed by atoms with Gasteiger partial charge < -0.3 is 84.6 Å². The Balaban J connectivity index is 1.10. The Hall–Kier alpha value is -2.41. The van der Waals surface area contributed by atoms with E-state index >= 15 is 0 Å². The van der Waals surface area contributed by atoms with Crippen molar-refractivity contribution in [2.24, 2.45) is 50.2 Å². The van der Waals surface area contributed by atoms with Crippen LogP contribution in [-0.2, 0) is 42.8 Å². The Morgan fingerprint density at radius 2 is 1.23 bits per heavy atom. The number of aliphatic hydroxyl groups excluding tert-OH is 8. The summed E-state index contributed by atoms with van der Waals surface area (Å²) in [6, 6.07) is 0. The first-order valence-corrected chi connectivity index (χ1v) is 23.4. The highest BCUT2D eigenvalue weighted by Gasteiger charge is 2.72. The molecule has 11 N–H and O–H groups in total. The number of ether oxygens (including phenoxy) is 6. The van der Waals surface area contributed by atoms with Gasteiger partial charge in [0.2, 0.25) is 0 Å². The molecular formula is C46H70O20. The lowest BCUT2D eigenvalue weighted by Crippen LogP contribution is -2.69. The number of carboxylic acid groups (broad SMARTS) is 3. The maximum absolute atomic E-state index is 13.2. The van der Waals surface area contributed by atoms with Crippen LogP contribution in [0.2, 0.25) is 0 Å². The first-order chi connectivity index (χ1) is 30.7. The first kappa shape index (κ1) is 50.0. The van der Waals surface area contributed by atoms with Crippen molar-refractivity contribution in [3.63, 3.8) is 0 Å². The third kappa shape index (κ3) is 7.42. The fourth-order valence-electron chi connectivity index (χ4n) is 14.7. The summed E-state index contributed by atoms with van der Waals surface area (Å²) in [6.07, 6.45) is -19.0. The zero-order valence-corrected chi connectivity index (χ0v) is 38.3. The summed E-state index contributed by atoms with van der Waals surface area (Å²) >= 11 is 0. The van der Waals surface area contributed by atoms with Crippen molar-refractivity contribution < 1.29 is 99.0 Å². The van der Waals surface area contributed by atoms with E-state index in [1.807, 2.05) is 0 Å². The number of allylic oxidation sites excluding steroid dienone is 2. The van der Waals surface area contributed by atoms with Gasteiger partial charge in [-0.25, -0.2) is 4.79 Å². The van der Waals surface area contributed by atoms with E-state index in [4.69, 9.17) is 28.4 Å². The Labute approximate surface area is 382 Å². The molecule has 0 amide bonds. The highest BCUT2D eigenvalue weighted by molar-refractivity contribution is 5.80. The molecule has 5 aliphatic carbocycles. The predicted octanol–water partition coefficient (Wildman–Crippen LogP) is 0.112. The van der Waals surface area contributed by atoms with Crippen LogP contribution in [0.4, 0.5) is 0 Å². The Morgan fingerprint density at radius 1 is 0.636 bits per heavy atom. The van der Waals surface area contributed by atoms with Crippen molar-refractivity contribution in [3.8, 4) is 0 Å². The molecule has 7 fully saturated rings. The molecule has 20 nitrogen and oxygen atoms in total. The zero-order chi connectivity index (χ0) is 48.4. The number of aliphatic carboxylic acids is 3. The molecular weight excluding hydrogens is 872 g/mol. The minimum atomic E-state index is -2.04. The van der Waals surface area contributed by atoms with Crippen LogP contribution in [0.15, 0.2) is 11.6 Å². The topological polar surface area (TPSA) is 329 Å². The smallest absolute Gasteiger partial charge is 0.335 e. The zero-order valence-electron chi connectivity index (χ0n) is 38.3. The second kappa shape index (κ2) is 17.2. The van der Waals surface area contributed by atoms with Crippen LogP contribution in [0.3, 0.4) is 0 Å². The molecule has 23 atom stereocenters. The number of rotatable bonds is 9. The molecule has 0 bridgehead atoms. The number of carbonyl (C=O) groups is 3. The van der Waals surface area contributed by atoms with Gasteiger partial charge in [0.05, 0.1) is 30.8 Å². The normalized spacial score (nSPS) is 53.5. The number of hydrogen-bond donors (Lipinski definition) is 11. The molecule has 3 aliphatic heterocycles. The molecule has 0 spiro atoms. The van der Waals surface area contributed by atoms with Gasteiger partial charge in [-0.1, -0.05) is 46.3 Å². The van der Waals surface area contributed by atoms with Crippen LogP contribution in [0, 0.1) is 50.2 Å². The average molecular weight is 943 g/mol. The second-order valence-electron chi connectivity index (χ2n) is 22.4. The van der Waals surface area contributed by atoms with Gasteiger partial charge in [0, 0.05) is 5.92 Å². The number of aliphatic hydroxyl groups is 8. The molecule has 66 heavy (non-hydrogen) atoms. The third-order valence-electron chi connectivity index (χ3n) is 18.9. The molecule has 20 heteroatoms. The van der Waals surface area contributed by atoms with E-state index < -0.39 is 156 Å². The summed E-state index contributed by atoms with van der Waals surface area (Å²) in [4.78, 5) is 38.5. The molecule has 374 valence electrons. The van der Waals surface area contributed by atoms with Crippen molar-refractivity contribution in [3.05, 3.63) is 11.6 Å². The largest absolute Gasteiger partial charge is 0.481 e. The van der Waals surface area contributed by atoms with Crippen molar-refractivity contribution >= 4 is 17.9 Å². The van der Waals surface area contributed by atoms with Crippen molar-refractivity contribution in [1.29, 1.82) is 0 Å². The van der Waals surface area contributed by atoms with Crippen LogP contribution < -0.4 is 0 Å². The molecule has 0 aromatic heterocycles. The van der Waals surface area contributed by atoms with E-state index in [2.05, 4.69) is 40.7 Å². The highest BCUT2D eigenvalue weighted by Crippen LogP contribution is 2.76. The lowest BCUT2D eigenvalue weighted by Gasteiger charge is -2.71. The Kier molecular flexibility index (Phi) is 13.0. The maximum atomic E-state index is 13.2. The summed E-state index contributed by atoms with van der Waals surface area (Å²) < 4.78 is 36.0. The lowest BCUT2D eigenvalue weighted by molar-refractivity contribution is -0.386. The Morgan fingerprint density at radius 3 is 1.79 bits per heavy atom. The van der Waals surface area contributed by atoms with E-state index in [1.165, 1.54) is 0 Å². The van der Waals surface area contributed by atoms with E-state index in [0.717, 1.165) is 5.57 Å². The first-order valence-electron chi connectivity index (χ1n) is 23.4. The fourth-order valence-corrected chi connectivity index (χ4v) is 14.7. The monoisotopic (exact) mass is 942 g/mol. The van der Waals surface area contributed by atoms with Crippen LogP contribution in [-0.4, -0.2) is 179 Å². The number of carboxylic acids is 3. The minimum Gasteiger partial charge on any atom is -0.481 e. The van der Waals surface area contributed by atoms with Gasteiger partial charge >= 0.3 is 17.9 Å². The SMILES string of the molecule is CC1(C)C2CC[C@]3(C)[C@H](CC=C4C5C[C@@](C)(C(=O)O)CC[C@]5(C(=O)O)[C@H](O)C[C@]43C)[C@@]2(C)CC[C@@H]1O[C@@H]1O[C@H](C(=O)O)[C@@H](O)[C@H](O[C@@H]2OC[C@@H](O)[C@@H](O)[C@@H]2O)[C@H]1O[C@@H]1OC[C@@H](O)[C@H](O)[C@H]1O. The molecule has 0 aromatic carbocycles. The van der Waals surface area contributed by atoms with Crippen molar-refractivity contribution in [2.45, 2.75) is 191 Å². The molecule has 0 radical (unpaired) electrons. The summed E-state index contributed by atoms with van der Waals surface area (Å²) in [5.74, 6) is -4.37. The van der Waals surface area contributed by atoms with Gasteiger partial charge in [0.1, 0.15) is 60.4 Å². The van der Waals surface area contributed by atoms with Crippen LogP contribution >= 0.6 is 0 Å². The van der Waals surface area contributed by atoms with E-state index in [1.54, 1.807) is 6.92 Å². The highest BCUT2D eigenvalue weighted by atomic mass is 16.8. The van der Waals surface area contributed by atoms with Crippen molar-refractivity contribution in [2.75, 3.05) is 13.2 Å². The maximum Gasteiger partial charge on any atom is 0.335 e. The van der Waals surface area contributed by atoms with Crippen LogP contribution in [0.1, 0.15) is 99.3 Å². The average Bonchev–Trinajstić information content (AvgIpc) is 3.23. The second-order valence-corrected chi connectivity index (χ2v) is 22.4. The third-order valence-corrected chi connectivity index (χ3v) is 18.9. The number of hydrogen-bond acceptors (Lipinski definition) is 17. The van der Waals surface area contributed by atoms with Gasteiger partial charge in [-0.05, 0) is 98.2 Å². The van der Waals surface area contributed by atoms with E-state index in [-0.39, 0.29) is 42.9 Å². The predicted molar refractivity (Wildman–Crippen MR) is 222 cm³/mol. The summed E-state index contributed by atoms with van der Waals surface area (Å²) in [7, 11) is 0. The Bertz CT molecular complexity index is 1910. The fraction of sp³-hybridized carbons (Fsp3) is 0.891. The summed E-state index contributed by atoms with van der Waals surface area (Å²) in [6.45, 7) is 11.4. The van der Waals surface area contributed by atoms with Crippen LogP contribution in [0.5, 0.6) is 0 Å². The standard InChI is InChI=1S/C46H70O20/c1-41(2)23-9-12-44(5)24(8-7-19-20-15-42(3,39(57)58)13-14-46(20,40(59)60)25(49)16-45(19,44)6)43(23,4)11-10-26(41)63-38-34(66-37-30(53)28(51)22(48)18-62-37)32(31(54)33(65-38)35(55)56)64-36-29(52)27(50)21(47)17-61-36/h7,20-34,36-38,47-54H,8-18H2,1-6H3,(H,55,56)(H,57,58)(H,59,60)/t20?,21-,22-,23?,24-,25-,26+,27-,28+,29+,30-,31+,32+,33+,34-,36+,37+,38-,42+,43+,44-,45-,46-/m1/s1. The summed E-state index contributed by atoms with van der Waals surface area (Å²) in [5.41, 5.74) is -3.87.